The summed E-state index contributed by atoms with van der Waals surface area (Å²) >= 11 is 6.71. The molecule has 0 unspecified atom stereocenters. The second-order valence-electron chi connectivity index (χ2n) is 4.88. The monoisotopic (exact) mass is 426 g/mol. The first-order chi connectivity index (χ1) is 10.8. The second-order valence-corrected chi connectivity index (χ2v) is 6.46. The van der Waals surface area contributed by atoms with Crippen LogP contribution in [0.25, 0.3) is 11.1 Å². The Morgan fingerprint density at radius 2 is 0.955 bits per heavy atom. The smallest absolute Gasteiger partial charge is 0.0717 e. The molecule has 0 aromatic heterocycles. The van der Waals surface area contributed by atoms with Crippen LogP contribution in [0.1, 0.15) is 11.1 Å². The van der Waals surface area contributed by atoms with Crippen molar-refractivity contribution in [1.82, 2.24) is 0 Å². The van der Waals surface area contributed by atoms with E-state index in [1.54, 1.807) is 0 Å². The number of rotatable bonds is 9. The van der Waals surface area contributed by atoms with E-state index >= 15 is 0 Å². The van der Waals surface area contributed by atoms with E-state index in [1.807, 2.05) is 0 Å². The standard InChI is InChI=1S/C18H20Br2O2/c19-9-11-21-13-15-1-5-17(6-2-15)18-7-3-16(4-8-18)14-22-12-10-20/h1-8H,9-14H2. The van der Waals surface area contributed by atoms with Gasteiger partial charge in [-0.25, -0.2) is 0 Å². The molecule has 0 saturated carbocycles. The summed E-state index contributed by atoms with van der Waals surface area (Å²) in [5.74, 6) is 0. The Balaban J connectivity index is 1.93. The minimum absolute atomic E-state index is 0.662. The van der Waals surface area contributed by atoms with Gasteiger partial charge in [0.05, 0.1) is 26.4 Å². The summed E-state index contributed by atoms with van der Waals surface area (Å²) < 4.78 is 11.0. The van der Waals surface area contributed by atoms with Crippen molar-refractivity contribution in [3.63, 3.8) is 0 Å². The molecule has 0 spiro atoms. The normalized spacial score (nSPS) is 10.8. The van der Waals surface area contributed by atoms with Crippen LogP contribution in [0.2, 0.25) is 0 Å². The summed E-state index contributed by atoms with van der Waals surface area (Å²) in [7, 11) is 0. The molecule has 0 aliphatic heterocycles. The highest BCUT2D eigenvalue weighted by molar-refractivity contribution is 9.09. The molecule has 0 atom stereocenters. The first-order valence-corrected chi connectivity index (χ1v) is 9.53. The Bertz CT molecular complexity index is 487. The fourth-order valence-corrected chi connectivity index (χ4v) is 2.53. The summed E-state index contributed by atoms with van der Waals surface area (Å²) in [5.41, 5.74) is 4.84. The van der Waals surface area contributed by atoms with Gasteiger partial charge in [0.15, 0.2) is 0 Å². The van der Waals surface area contributed by atoms with Crippen LogP contribution >= 0.6 is 31.9 Å². The lowest BCUT2D eigenvalue weighted by Crippen LogP contribution is -1.96. The van der Waals surface area contributed by atoms with Gasteiger partial charge in [0.25, 0.3) is 0 Å². The van der Waals surface area contributed by atoms with Gasteiger partial charge in [-0.2, -0.15) is 0 Å². The highest BCUT2D eigenvalue weighted by Crippen LogP contribution is 2.21. The van der Waals surface area contributed by atoms with E-state index in [9.17, 15) is 0 Å². The third-order valence-corrected chi connectivity index (χ3v) is 3.87. The van der Waals surface area contributed by atoms with E-state index < -0.39 is 0 Å². The Kier molecular flexibility index (Phi) is 8.16. The highest BCUT2D eigenvalue weighted by Gasteiger charge is 2.00. The molecule has 0 N–H and O–H groups in total. The van der Waals surface area contributed by atoms with Gasteiger partial charge < -0.3 is 9.47 Å². The summed E-state index contributed by atoms with van der Waals surface area (Å²) in [6, 6.07) is 17.1. The third-order valence-electron chi connectivity index (χ3n) is 3.22. The molecule has 2 aromatic rings. The highest BCUT2D eigenvalue weighted by atomic mass is 79.9. The molecule has 0 radical (unpaired) electrons. The lowest BCUT2D eigenvalue weighted by Gasteiger charge is -2.07. The van der Waals surface area contributed by atoms with Crippen molar-refractivity contribution >= 4 is 31.9 Å². The van der Waals surface area contributed by atoms with Gasteiger partial charge in [-0.1, -0.05) is 80.4 Å². The fraction of sp³-hybridized carbons (Fsp3) is 0.333. The van der Waals surface area contributed by atoms with Gasteiger partial charge in [0, 0.05) is 10.7 Å². The molecule has 2 aromatic carbocycles. The van der Waals surface area contributed by atoms with Crippen molar-refractivity contribution in [2.75, 3.05) is 23.9 Å². The van der Waals surface area contributed by atoms with Crippen LogP contribution in [0.5, 0.6) is 0 Å². The van der Waals surface area contributed by atoms with Crippen LogP contribution in [0.15, 0.2) is 48.5 Å². The van der Waals surface area contributed by atoms with Gasteiger partial charge >= 0.3 is 0 Å². The van der Waals surface area contributed by atoms with Gasteiger partial charge in [-0.3, -0.25) is 0 Å². The van der Waals surface area contributed by atoms with Crippen molar-refractivity contribution in [2.24, 2.45) is 0 Å². The van der Waals surface area contributed by atoms with E-state index in [-0.39, 0.29) is 0 Å². The molecule has 2 nitrogen and oxygen atoms in total. The predicted octanol–water partition coefficient (Wildman–Crippen LogP) is 5.18. The van der Waals surface area contributed by atoms with Crippen LogP contribution in [0.3, 0.4) is 0 Å². The minimum atomic E-state index is 0.662. The molecule has 0 bridgehead atoms. The van der Waals surface area contributed by atoms with Crippen LogP contribution in [-0.2, 0) is 22.7 Å². The summed E-state index contributed by atoms with van der Waals surface area (Å²) in [6.45, 7) is 2.80. The van der Waals surface area contributed by atoms with Crippen LogP contribution in [0.4, 0.5) is 0 Å². The van der Waals surface area contributed by atoms with Crippen LogP contribution < -0.4 is 0 Å². The molecule has 0 aliphatic rings. The number of hydrogen-bond donors (Lipinski definition) is 0. The molecule has 2 rings (SSSR count). The summed E-state index contributed by atoms with van der Waals surface area (Å²) in [4.78, 5) is 0. The molecule has 4 heteroatoms. The van der Waals surface area contributed by atoms with Crippen LogP contribution in [-0.4, -0.2) is 23.9 Å². The van der Waals surface area contributed by atoms with E-state index in [0.29, 0.717) is 13.2 Å². The van der Waals surface area contributed by atoms with Gasteiger partial charge in [0.1, 0.15) is 0 Å². The van der Waals surface area contributed by atoms with E-state index in [1.165, 1.54) is 22.3 Å². The maximum atomic E-state index is 5.51. The first-order valence-electron chi connectivity index (χ1n) is 7.29. The molecule has 118 valence electrons. The molecular formula is C18H20Br2O2. The molecule has 0 aliphatic carbocycles. The molecule has 0 amide bonds. The van der Waals surface area contributed by atoms with Gasteiger partial charge in [-0.05, 0) is 22.3 Å². The van der Waals surface area contributed by atoms with Crippen LogP contribution in [0, 0.1) is 0 Å². The van der Waals surface area contributed by atoms with E-state index in [2.05, 4.69) is 80.4 Å². The second kappa shape index (κ2) is 10.2. The number of halogens is 2. The Morgan fingerprint density at radius 1 is 0.591 bits per heavy atom. The lowest BCUT2D eigenvalue weighted by atomic mass is 10.0. The lowest BCUT2D eigenvalue weighted by molar-refractivity contribution is 0.137. The summed E-state index contributed by atoms with van der Waals surface area (Å²) in [6.07, 6.45) is 0. The summed E-state index contributed by atoms with van der Waals surface area (Å²) in [5, 5.41) is 1.74. The fourth-order valence-electron chi connectivity index (χ4n) is 2.08. The average Bonchev–Trinajstić information content (AvgIpc) is 2.57. The molecule has 0 heterocycles. The van der Waals surface area contributed by atoms with Crippen molar-refractivity contribution in [1.29, 1.82) is 0 Å². The van der Waals surface area contributed by atoms with E-state index in [0.717, 1.165) is 23.9 Å². The minimum Gasteiger partial charge on any atom is -0.376 e. The maximum Gasteiger partial charge on any atom is 0.0717 e. The van der Waals surface area contributed by atoms with Crippen molar-refractivity contribution in [3.05, 3.63) is 59.7 Å². The number of ether oxygens (including phenoxy) is 2. The topological polar surface area (TPSA) is 18.5 Å². The van der Waals surface area contributed by atoms with Gasteiger partial charge in [-0.15, -0.1) is 0 Å². The molecular weight excluding hydrogens is 408 g/mol. The molecule has 22 heavy (non-hydrogen) atoms. The molecule has 0 saturated heterocycles. The zero-order chi connectivity index (χ0) is 15.6. The number of hydrogen-bond acceptors (Lipinski definition) is 2. The average molecular weight is 428 g/mol. The zero-order valence-electron chi connectivity index (χ0n) is 12.4. The quantitative estimate of drug-likeness (QED) is 0.405. The zero-order valence-corrected chi connectivity index (χ0v) is 15.6. The SMILES string of the molecule is BrCCOCc1ccc(-c2ccc(COCCBr)cc2)cc1. The molecule has 0 fully saturated rings. The Morgan fingerprint density at radius 3 is 1.27 bits per heavy atom. The maximum absolute atomic E-state index is 5.51. The van der Waals surface area contributed by atoms with Crippen molar-refractivity contribution in [3.8, 4) is 11.1 Å². The van der Waals surface area contributed by atoms with Crippen molar-refractivity contribution in [2.45, 2.75) is 13.2 Å². The van der Waals surface area contributed by atoms with Crippen molar-refractivity contribution < 1.29 is 9.47 Å². The van der Waals surface area contributed by atoms with Gasteiger partial charge in [0.2, 0.25) is 0 Å². The first kappa shape index (κ1) is 17.7. The third kappa shape index (κ3) is 5.84. The van der Waals surface area contributed by atoms with E-state index in [4.69, 9.17) is 9.47 Å². The number of alkyl halides is 2. The Hall–Kier alpha value is -0.680. The largest absolute Gasteiger partial charge is 0.376 e. The number of benzene rings is 2. The predicted molar refractivity (Wildman–Crippen MR) is 98.8 cm³/mol. The Labute approximate surface area is 149 Å².